The zero-order chi connectivity index (χ0) is 35.3. The molecular weight excluding hydrogens is 644 g/mol. The lowest BCUT2D eigenvalue weighted by Crippen LogP contribution is -2.41. The van der Waals surface area contributed by atoms with Gasteiger partial charge in [-0.3, -0.25) is 4.79 Å². The van der Waals surface area contributed by atoms with E-state index in [9.17, 15) is 19.2 Å². The van der Waals surface area contributed by atoms with Gasteiger partial charge in [-0.05, 0) is 49.1 Å². The molecule has 10 nitrogen and oxygen atoms in total. The number of hydrogen-bond donors (Lipinski definition) is 0. The molecular formula is C38H40N2O8S. The van der Waals surface area contributed by atoms with E-state index < -0.39 is 41.0 Å². The molecule has 3 aromatic carbocycles. The van der Waals surface area contributed by atoms with Crippen LogP contribution in [0.25, 0.3) is 0 Å². The van der Waals surface area contributed by atoms with Crippen LogP contribution in [-0.4, -0.2) is 60.9 Å². The Bertz CT molecular complexity index is 1850. The Morgan fingerprint density at radius 2 is 1.53 bits per heavy atom. The Balaban J connectivity index is 1.82. The largest absolute Gasteiger partial charge is 0.482 e. The summed E-state index contributed by atoms with van der Waals surface area (Å²) in [5.41, 5.74) is 1.56. The highest BCUT2D eigenvalue weighted by molar-refractivity contribution is 7.98. The van der Waals surface area contributed by atoms with Crippen molar-refractivity contribution >= 4 is 29.8 Å². The molecule has 256 valence electrons. The van der Waals surface area contributed by atoms with Crippen LogP contribution in [0.5, 0.6) is 5.75 Å². The van der Waals surface area contributed by atoms with E-state index >= 15 is 0 Å². The Morgan fingerprint density at radius 3 is 2.20 bits per heavy atom. The highest BCUT2D eigenvalue weighted by atomic mass is 32.2. The van der Waals surface area contributed by atoms with Crippen molar-refractivity contribution in [2.24, 2.45) is 0 Å². The molecule has 0 saturated heterocycles. The molecule has 0 radical (unpaired) electrons. The van der Waals surface area contributed by atoms with Gasteiger partial charge in [0.15, 0.2) is 11.4 Å². The summed E-state index contributed by atoms with van der Waals surface area (Å²) < 4.78 is 23.7. The van der Waals surface area contributed by atoms with Crippen LogP contribution in [-0.2, 0) is 26.6 Å². The molecule has 0 saturated carbocycles. The average Bonchev–Trinajstić information content (AvgIpc) is 3.26. The second kappa shape index (κ2) is 15.0. The molecule has 1 unspecified atom stereocenters. The summed E-state index contributed by atoms with van der Waals surface area (Å²) in [7, 11) is 3.99. The number of carbonyl (C=O) groups is 3. The number of carbonyl (C=O) groups excluding carboxylic acids is 3. The minimum atomic E-state index is -0.906. The molecule has 1 aromatic heterocycles. The number of pyridine rings is 1. The molecule has 5 rings (SSSR count). The van der Waals surface area contributed by atoms with Crippen molar-refractivity contribution in [3.8, 4) is 5.75 Å². The fourth-order valence-corrected chi connectivity index (χ4v) is 7.02. The van der Waals surface area contributed by atoms with Crippen LogP contribution < -0.4 is 10.2 Å². The van der Waals surface area contributed by atoms with Crippen LogP contribution in [0, 0.1) is 0 Å². The molecule has 1 aliphatic rings. The number of methoxy groups -OCH3 is 2. The highest BCUT2D eigenvalue weighted by Crippen LogP contribution is 2.46. The number of esters is 2. The molecule has 1 amide bonds. The minimum Gasteiger partial charge on any atom is -0.482 e. The first-order valence-corrected chi connectivity index (χ1v) is 16.8. The SMILES string of the molecule is COC(=O)c1cn([C@H](CN(C)C(=O)OC(C)(C)C)C2c3ccccc3CSc3ccccc32)c(C(=O)OC)c(OCc2ccccc2)c1=O. The van der Waals surface area contributed by atoms with Crippen molar-refractivity contribution in [3.63, 3.8) is 0 Å². The molecule has 49 heavy (non-hydrogen) atoms. The summed E-state index contributed by atoms with van der Waals surface area (Å²) in [6.45, 7) is 5.27. The lowest BCUT2D eigenvalue weighted by atomic mass is 9.82. The van der Waals surface area contributed by atoms with Gasteiger partial charge in [0.25, 0.3) is 0 Å². The standard InChI is InChI=1S/C38H40N2O8S/c1-38(2,3)48-37(44)39(4)21-29(31-26-17-11-10-16-25(26)23-49-30-19-13-12-18-27(30)31)40-20-28(35(42)45-5)33(41)34(32(40)36(43)46-6)47-22-24-14-8-7-9-15-24/h7-20,29,31H,21-23H2,1-6H3/t29-,31?/m1/s1. The van der Waals surface area contributed by atoms with Gasteiger partial charge in [-0.2, -0.15) is 0 Å². The third-order valence-electron chi connectivity index (χ3n) is 8.14. The lowest BCUT2D eigenvalue weighted by Gasteiger charge is -2.36. The number of likely N-dealkylation sites (N-methyl/N-ethyl adjacent to an activating group) is 1. The lowest BCUT2D eigenvalue weighted by molar-refractivity contribution is 0.0269. The first-order valence-electron chi connectivity index (χ1n) is 15.8. The predicted molar refractivity (Wildman–Crippen MR) is 186 cm³/mol. The number of thioether (sulfide) groups is 1. The summed E-state index contributed by atoms with van der Waals surface area (Å²) in [6.07, 6.45) is 0.726. The zero-order valence-electron chi connectivity index (χ0n) is 28.4. The van der Waals surface area contributed by atoms with Crippen LogP contribution in [0.15, 0.2) is 94.7 Å². The van der Waals surface area contributed by atoms with E-state index in [-0.39, 0.29) is 30.2 Å². The Labute approximate surface area is 289 Å². The van der Waals surface area contributed by atoms with Gasteiger partial charge in [-0.25, -0.2) is 14.4 Å². The van der Waals surface area contributed by atoms with Gasteiger partial charge in [0.05, 0.1) is 20.3 Å². The summed E-state index contributed by atoms with van der Waals surface area (Å²) in [6, 6.07) is 24.3. The number of aromatic nitrogens is 1. The fourth-order valence-electron chi connectivity index (χ4n) is 5.91. The van der Waals surface area contributed by atoms with Gasteiger partial charge in [-0.15, -0.1) is 11.8 Å². The van der Waals surface area contributed by atoms with Crippen molar-refractivity contribution < 1.29 is 33.3 Å². The smallest absolute Gasteiger partial charge is 0.410 e. The van der Waals surface area contributed by atoms with Crippen molar-refractivity contribution in [3.05, 3.63) is 129 Å². The predicted octanol–water partition coefficient (Wildman–Crippen LogP) is 6.85. The number of ether oxygens (including phenoxy) is 4. The third kappa shape index (κ3) is 7.83. The number of hydrogen-bond acceptors (Lipinski definition) is 9. The third-order valence-corrected chi connectivity index (χ3v) is 9.28. The summed E-state index contributed by atoms with van der Waals surface area (Å²) in [5, 5.41) is 0. The summed E-state index contributed by atoms with van der Waals surface area (Å²) >= 11 is 1.68. The topological polar surface area (TPSA) is 113 Å². The fraction of sp³-hybridized carbons (Fsp3) is 0.316. The molecule has 0 bridgehead atoms. The molecule has 2 atom stereocenters. The Kier molecular flexibility index (Phi) is 10.8. The number of fused-ring (bicyclic) bond motifs is 2. The molecule has 1 aliphatic heterocycles. The molecule has 0 fully saturated rings. The van der Waals surface area contributed by atoms with Gasteiger partial charge in [0.2, 0.25) is 5.43 Å². The van der Waals surface area contributed by atoms with Gasteiger partial charge in [0.1, 0.15) is 17.8 Å². The second-order valence-electron chi connectivity index (χ2n) is 12.6. The zero-order valence-corrected chi connectivity index (χ0v) is 29.2. The van der Waals surface area contributed by atoms with Gasteiger partial charge >= 0.3 is 18.0 Å². The molecule has 0 N–H and O–H groups in total. The normalized spacial score (nSPS) is 14.4. The molecule has 11 heteroatoms. The second-order valence-corrected chi connectivity index (χ2v) is 13.7. The number of nitrogens with zero attached hydrogens (tertiary/aromatic N) is 2. The van der Waals surface area contributed by atoms with Crippen LogP contribution in [0.3, 0.4) is 0 Å². The molecule has 0 spiro atoms. The Morgan fingerprint density at radius 1 is 0.898 bits per heavy atom. The quantitative estimate of drug-likeness (QED) is 0.138. The number of rotatable bonds is 9. The van der Waals surface area contributed by atoms with Gasteiger partial charge in [-0.1, -0.05) is 72.8 Å². The summed E-state index contributed by atoms with van der Waals surface area (Å²) in [4.78, 5) is 57.0. The summed E-state index contributed by atoms with van der Waals surface area (Å²) in [5.74, 6) is -1.92. The molecule has 4 aromatic rings. The number of amides is 1. The van der Waals surface area contributed by atoms with Gasteiger partial charge in [0, 0.05) is 36.4 Å². The van der Waals surface area contributed by atoms with E-state index in [1.54, 1.807) is 39.6 Å². The Hall–Kier alpha value is -5.03. The molecule has 2 heterocycles. The van der Waals surface area contributed by atoms with Crippen LogP contribution in [0.4, 0.5) is 4.79 Å². The van der Waals surface area contributed by atoms with E-state index in [2.05, 4.69) is 6.07 Å². The van der Waals surface area contributed by atoms with E-state index in [0.29, 0.717) is 5.75 Å². The number of benzene rings is 3. The average molecular weight is 685 g/mol. The van der Waals surface area contributed by atoms with E-state index in [4.69, 9.17) is 18.9 Å². The van der Waals surface area contributed by atoms with Crippen molar-refractivity contribution in [2.45, 2.75) is 55.6 Å². The first kappa shape index (κ1) is 35.3. The van der Waals surface area contributed by atoms with E-state index in [0.717, 1.165) is 27.1 Å². The first-order chi connectivity index (χ1) is 23.4. The van der Waals surface area contributed by atoms with E-state index in [1.807, 2.05) is 72.8 Å². The highest BCUT2D eigenvalue weighted by Gasteiger charge is 2.38. The maximum Gasteiger partial charge on any atom is 0.410 e. The van der Waals surface area contributed by atoms with E-state index in [1.165, 1.54) is 29.9 Å². The van der Waals surface area contributed by atoms with Crippen LogP contribution in [0.2, 0.25) is 0 Å². The molecule has 0 aliphatic carbocycles. The monoisotopic (exact) mass is 684 g/mol. The minimum absolute atomic E-state index is 0.00147. The maximum atomic E-state index is 14.0. The van der Waals surface area contributed by atoms with Gasteiger partial charge < -0.3 is 28.4 Å². The van der Waals surface area contributed by atoms with Crippen molar-refractivity contribution in [1.82, 2.24) is 9.47 Å². The van der Waals surface area contributed by atoms with Crippen molar-refractivity contribution in [1.29, 1.82) is 0 Å². The van der Waals surface area contributed by atoms with Crippen LogP contribution >= 0.6 is 11.8 Å². The maximum absolute atomic E-state index is 14.0. The van der Waals surface area contributed by atoms with Crippen LogP contribution in [0.1, 0.15) is 75.8 Å². The van der Waals surface area contributed by atoms with Crippen molar-refractivity contribution in [2.75, 3.05) is 27.8 Å².